The van der Waals surface area contributed by atoms with E-state index < -0.39 is 0 Å². The zero-order valence-electron chi connectivity index (χ0n) is 13.3. The third-order valence-electron chi connectivity index (χ3n) is 3.68. The Labute approximate surface area is 136 Å². The van der Waals surface area contributed by atoms with Crippen molar-refractivity contribution in [1.29, 1.82) is 0 Å². The summed E-state index contributed by atoms with van der Waals surface area (Å²) in [6, 6.07) is 5.42. The highest BCUT2D eigenvalue weighted by Crippen LogP contribution is 2.27. The van der Waals surface area contributed by atoms with Crippen molar-refractivity contribution in [3.8, 4) is 5.75 Å². The summed E-state index contributed by atoms with van der Waals surface area (Å²) < 4.78 is 11.0. The van der Waals surface area contributed by atoms with Crippen LogP contribution in [-0.2, 0) is 16.0 Å². The van der Waals surface area contributed by atoms with Crippen LogP contribution in [-0.4, -0.2) is 69.3 Å². The first kappa shape index (κ1) is 17.1. The first-order valence-corrected chi connectivity index (χ1v) is 7.74. The van der Waals surface area contributed by atoms with E-state index in [-0.39, 0.29) is 18.4 Å². The van der Waals surface area contributed by atoms with Gasteiger partial charge in [-0.15, -0.1) is 0 Å². The summed E-state index contributed by atoms with van der Waals surface area (Å²) >= 11 is 6.21. The number of halogens is 1. The van der Waals surface area contributed by atoms with Crippen LogP contribution in [0.25, 0.3) is 0 Å². The van der Waals surface area contributed by atoms with Crippen LogP contribution >= 0.6 is 11.6 Å². The lowest BCUT2D eigenvalue weighted by Gasteiger charge is -2.34. The van der Waals surface area contributed by atoms with Gasteiger partial charge >= 0.3 is 0 Å². The molecule has 1 saturated heterocycles. The van der Waals surface area contributed by atoms with Crippen molar-refractivity contribution >= 4 is 17.5 Å². The number of amides is 1. The molecule has 0 bridgehead atoms. The van der Waals surface area contributed by atoms with Gasteiger partial charge in [-0.2, -0.15) is 0 Å². The van der Waals surface area contributed by atoms with Crippen LogP contribution in [0, 0.1) is 0 Å². The van der Waals surface area contributed by atoms with Gasteiger partial charge < -0.3 is 19.3 Å². The second kappa shape index (κ2) is 7.81. The quantitative estimate of drug-likeness (QED) is 0.825. The van der Waals surface area contributed by atoms with Gasteiger partial charge in [-0.25, -0.2) is 0 Å². The molecule has 1 fully saturated rings. The Bertz CT molecular complexity index is 522. The smallest absolute Gasteiger partial charge is 0.227 e. The molecule has 122 valence electrons. The van der Waals surface area contributed by atoms with Crippen LogP contribution < -0.4 is 4.74 Å². The molecule has 6 heteroatoms. The van der Waals surface area contributed by atoms with E-state index in [0.29, 0.717) is 30.5 Å². The minimum atomic E-state index is 0.0541. The number of morpholine rings is 1. The Hall–Kier alpha value is -1.30. The summed E-state index contributed by atoms with van der Waals surface area (Å²) in [7, 11) is 5.58. The van der Waals surface area contributed by atoms with E-state index in [1.165, 1.54) is 0 Å². The minimum Gasteiger partial charge on any atom is -0.496 e. The van der Waals surface area contributed by atoms with E-state index >= 15 is 0 Å². The topological polar surface area (TPSA) is 42.0 Å². The standard InChI is InChI=1S/C16H23ClN2O3/c1-18(2)10-12-11-19(7-8-22-12)16(20)9-13-14(17)5-4-6-15(13)21-3/h4-6,12H,7-11H2,1-3H3. The van der Waals surface area contributed by atoms with Gasteiger partial charge in [-0.05, 0) is 26.2 Å². The molecule has 1 amide bonds. The zero-order valence-corrected chi connectivity index (χ0v) is 14.1. The summed E-state index contributed by atoms with van der Waals surface area (Å²) in [6.07, 6.45) is 0.304. The van der Waals surface area contributed by atoms with Gasteiger partial charge in [-0.1, -0.05) is 17.7 Å². The molecule has 1 aromatic carbocycles. The van der Waals surface area contributed by atoms with E-state index in [4.69, 9.17) is 21.1 Å². The van der Waals surface area contributed by atoms with E-state index in [0.717, 1.165) is 12.1 Å². The summed E-state index contributed by atoms with van der Waals surface area (Å²) in [5.74, 6) is 0.706. The number of carbonyl (C=O) groups excluding carboxylic acids is 1. The molecule has 0 spiro atoms. The molecule has 1 aliphatic heterocycles. The number of rotatable bonds is 5. The molecule has 5 nitrogen and oxygen atoms in total. The van der Waals surface area contributed by atoms with Crippen molar-refractivity contribution in [1.82, 2.24) is 9.80 Å². The van der Waals surface area contributed by atoms with Crippen LogP contribution in [0.4, 0.5) is 0 Å². The van der Waals surface area contributed by atoms with Crippen LogP contribution in [0.15, 0.2) is 18.2 Å². The van der Waals surface area contributed by atoms with Gasteiger partial charge in [0, 0.05) is 30.2 Å². The maximum atomic E-state index is 12.6. The maximum absolute atomic E-state index is 12.6. The monoisotopic (exact) mass is 326 g/mol. The predicted molar refractivity (Wildman–Crippen MR) is 86.6 cm³/mol. The SMILES string of the molecule is COc1cccc(Cl)c1CC(=O)N1CCOC(CN(C)C)C1. The van der Waals surface area contributed by atoms with Crippen LogP contribution in [0.2, 0.25) is 5.02 Å². The molecule has 1 aliphatic rings. The van der Waals surface area contributed by atoms with E-state index in [9.17, 15) is 4.79 Å². The lowest BCUT2D eigenvalue weighted by Crippen LogP contribution is -2.49. The van der Waals surface area contributed by atoms with E-state index in [1.54, 1.807) is 13.2 Å². The third kappa shape index (κ3) is 4.35. The fraction of sp³-hybridized carbons (Fsp3) is 0.562. The molecule has 22 heavy (non-hydrogen) atoms. The highest BCUT2D eigenvalue weighted by atomic mass is 35.5. The molecule has 1 aromatic rings. The normalized spacial score (nSPS) is 18.6. The molecular weight excluding hydrogens is 304 g/mol. The van der Waals surface area contributed by atoms with Crippen molar-refractivity contribution in [3.05, 3.63) is 28.8 Å². The van der Waals surface area contributed by atoms with Gasteiger partial charge in [-0.3, -0.25) is 4.79 Å². The number of carbonyl (C=O) groups is 1. The molecule has 0 aliphatic carbocycles. The van der Waals surface area contributed by atoms with Crippen molar-refractivity contribution in [3.63, 3.8) is 0 Å². The summed E-state index contributed by atoms with van der Waals surface area (Å²) in [4.78, 5) is 16.5. The fourth-order valence-corrected chi connectivity index (χ4v) is 2.86. The Balaban J connectivity index is 2.03. The number of benzene rings is 1. The molecule has 0 aromatic heterocycles. The molecule has 1 heterocycles. The lowest BCUT2D eigenvalue weighted by molar-refractivity contribution is -0.138. The molecule has 1 atom stereocenters. The molecule has 1 unspecified atom stereocenters. The minimum absolute atomic E-state index is 0.0541. The van der Waals surface area contributed by atoms with Crippen molar-refractivity contribution in [2.45, 2.75) is 12.5 Å². The molecule has 0 radical (unpaired) electrons. The van der Waals surface area contributed by atoms with Crippen molar-refractivity contribution in [2.24, 2.45) is 0 Å². The van der Waals surface area contributed by atoms with Gasteiger partial charge in [0.15, 0.2) is 0 Å². The van der Waals surface area contributed by atoms with E-state index in [1.807, 2.05) is 31.1 Å². The van der Waals surface area contributed by atoms with Crippen LogP contribution in [0.1, 0.15) is 5.56 Å². The number of hydrogen-bond acceptors (Lipinski definition) is 4. The maximum Gasteiger partial charge on any atom is 0.227 e. The summed E-state index contributed by atoms with van der Waals surface area (Å²) in [6.45, 7) is 2.61. The van der Waals surface area contributed by atoms with Crippen molar-refractivity contribution < 1.29 is 14.3 Å². The zero-order chi connectivity index (χ0) is 16.1. The number of likely N-dealkylation sites (N-methyl/N-ethyl adjacent to an activating group) is 1. The summed E-state index contributed by atoms with van der Waals surface area (Å²) in [5, 5.41) is 0.561. The van der Waals surface area contributed by atoms with Gasteiger partial charge in [0.25, 0.3) is 0 Å². The largest absolute Gasteiger partial charge is 0.496 e. The molecular formula is C16H23ClN2O3. The molecule has 2 rings (SSSR count). The highest BCUT2D eigenvalue weighted by molar-refractivity contribution is 6.31. The lowest BCUT2D eigenvalue weighted by atomic mass is 10.1. The van der Waals surface area contributed by atoms with Gasteiger partial charge in [0.2, 0.25) is 5.91 Å². The first-order valence-electron chi connectivity index (χ1n) is 7.36. The third-order valence-corrected chi connectivity index (χ3v) is 4.04. The Morgan fingerprint density at radius 2 is 2.27 bits per heavy atom. The van der Waals surface area contributed by atoms with Gasteiger partial charge in [0.1, 0.15) is 5.75 Å². The van der Waals surface area contributed by atoms with Gasteiger partial charge in [0.05, 0.1) is 26.2 Å². The number of hydrogen-bond donors (Lipinski definition) is 0. The number of nitrogens with zero attached hydrogens (tertiary/aromatic N) is 2. The number of ether oxygens (including phenoxy) is 2. The average Bonchev–Trinajstić information content (AvgIpc) is 2.48. The fourth-order valence-electron chi connectivity index (χ4n) is 2.63. The Kier molecular flexibility index (Phi) is 6.06. The highest BCUT2D eigenvalue weighted by Gasteiger charge is 2.25. The van der Waals surface area contributed by atoms with E-state index in [2.05, 4.69) is 4.90 Å². The second-order valence-corrected chi connectivity index (χ2v) is 6.10. The molecule has 0 saturated carbocycles. The second-order valence-electron chi connectivity index (χ2n) is 5.69. The predicted octanol–water partition coefficient (Wildman–Crippen LogP) is 1.68. The summed E-state index contributed by atoms with van der Waals surface area (Å²) in [5.41, 5.74) is 0.743. The van der Waals surface area contributed by atoms with Crippen LogP contribution in [0.5, 0.6) is 5.75 Å². The van der Waals surface area contributed by atoms with Crippen LogP contribution in [0.3, 0.4) is 0 Å². The Morgan fingerprint density at radius 1 is 1.50 bits per heavy atom. The first-order chi connectivity index (χ1) is 10.5. The number of methoxy groups -OCH3 is 1. The van der Waals surface area contributed by atoms with Crippen molar-refractivity contribution in [2.75, 3.05) is 47.4 Å². The Morgan fingerprint density at radius 3 is 2.95 bits per heavy atom. The molecule has 0 N–H and O–H groups in total. The average molecular weight is 327 g/mol.